The molecule has 1 heterocycles. The van der Waals surface area contributed by atoms with Crippen LogP contribution >= 0.6 is 0 Å². The number of rotatable bonds is 5. The van der Waals surface area contributed by atoms with Gasteiger partial charge in [-0.2, -0.15) is 0 Å². The number of urea groups is 1. The van der Waals surface area contributed by atoms with Crippen LogP contribution in [0.3, 0.4) is 0 Å². The highest BCUT2D eigenvalue weighted by atomic mass is 16.5. The highest BCUT2D eigenvalue weighted by Gasteiger charge is 2.15. The van der Waals surface area contributed by atoms with Gasteiger partial charge in [0, 0.05) is 19.3 Å². The van der Waals surface area contributed by atoms with Crippen LogP contribution in [0.5, 0.6) is 5.88 Å². The molecule has 1 aromatic heterocycles. The van der Waals surface area contributed by atoms with Crippen molar-refractivity contribution in [3.63, 3.8) is 0 Å². The molecule has 2 amide bonds. The molecule has 6 nitrogen and oxygen atoms in total. The van der Waals surface area contributed by atoms with Gasteiger partial charge in [0.05, 0.1) is 13.2 Å². The van der Waals surface area contributed by atoms with E-state index in [2.05, 4.69) is 10.3 Å². The minimum Gasteiger partial charge on any atom is -0.480 e. The third kappa shape index (κ3) is 3.89. The van der Waals surface area contributed by atoms with Gasteiger partial charge in [-0.25, -0.2) is 9.78 Å². The maximum Gasteiger partial charge on any atom is 0.322 e. The number of hydrogen-bond acceptors (Lipinski definition) is 4. The van der Waals surface area contributed by atoms with Crippen LogP contribution in [-0.4, -0.2) is 47.3 Å². The molecule has 0 spiro atoms. The molecule has 0 bridgehead atoms. The molecule has 0 fully saturated rings. The molecular formula is C12H19N3O3. The van der Waals surface area contributed by atoms with Gasteiger partial charge in [-0.3, -0.25) is 0 Å². The van der Waals surface area contributed by atoms with Crippen LogP contribution in [-0.2, 0) is 0 Å². The number of hydrogen-bond donors (Lipinski definition) is 2. The second-order valence-corrected chi connectivity index (χ2v) is 3.88. The number of methoxy groups -OCH3 is 1. The van der Waals surface area contributed by atoms with E-state index in [4.69, 9.17) is 4.74 Å². The lowest BCUT2D eigenvalue weighted by Gasteiger charge is -2.23. The molecule has 0 aliphatic heterocycles. The molecule has 0 aliphatic carbocycles. The number of amides is 2. The summed E-state index contributed by atoms with van der Waals surface area (Å²) < 4.78 is 5.05. The fourth-order valence-corrected chi connectivity index (χ4v) is 1.52. The number of nitrogens with zero attached hydrogens (tertiary/aromatic N) is 2. The van der Waals surface area contributed by atoms with Crippen LogP contribution in [0.4, 0.5) is 10.5 Å². The average Bonchev–Trinajstić information content (AvgIpc) is 2.36. The Morgan fingerprint density at radius 1 is 1.67 bits per heavy atom. The van der Waals surface area contributed by atoms with Gasteiger partial charge in [0.25, 0.3) is 0 Å². The lowest BCUT2D eigenvalue weighted by Crippen LogP contribution is -2.39. The van der Waals surface area contributed by atoms with Crippen molar-refractivity contribution < 1.29 is 14.6 Å². The molecular weight excluding hydrogens is 234 g/mol. The largest absolute Gasteiger partial charge is 0.480 e. The minimum absolute atomic E-state index is 0.283. The zero-order chi connectivity index (χ0) is 13.5. The molecule has 0 saturated carbocycles. The maximum atomic E-state index is 12.0. The lowest BCUT2D eigenvalue weighted by atomic mass is 10.3. The number of pyridine rings is 1. The van der Waals surface area contributed by atoms with Crippen molar-refractivity contribution in [1.82, 2.24) is 9.88 Å². The van der Waals surface area contributed by atoms with Crippen LogP contribution in [0.1, 0.15) is 13.8 Å². The van der Waals surface area contributed by atoms with Gasteiger partial charge in [0.2, 0.25) is 5.88 Å². The van der Waals surface area contributed by atoms with E-state index >= 15 is 0 Å². The van der Waals surface area contributed by atoms with Crippen molar-refractivity contribution >= 4 is 11.7 Å². The number of carbonyl (C=O) groups excluding carboxylic acids is 1. The predicted molar refractivity (Wildman–Crippen MR) is 68.7 cm³/mol. The van der Waals surface area contributed by atoms with Crippen LogP contribution in [0.25, 0.3) is 0 Å². The quantitative estimate of drug-likeness (QED) is 0.830. The molecule has 18 heavy (non-hydrogen) atoms. The summed E-state index contributed by atoms with van der Waals surface area (Å²) >= 11 is 0. The smallest absolute Gasteiger partial charge is 0.322 e. The van der Waals surface area contributed by atoms with E-state index in [1.807, 2.05) is 6.92 Å². The van der Waals surface area contributed by atoms with E-state index < -0.39 is 6.10 Å². The molecule has 1 rings (SSSR count). The summed E-state index contributed by atoms with van der Waals surface area (Å²) in [7, 11) is 1.49. The number of nitrogens with one attached hydrogen (secondary N) is 1. The third-order valence-electron chi connectivity index (χ3n) is 2.36. The molecule has 1 atom stereocenters. The van der Waals surface area contributed by atoms with E-state index in [1.165, 1.54) is 12.0 Å². The summed E-state index contributed by atoms with van der Waals surface area (Å²) in [6, 6.07) is 3.13. The second kappa shape index (κ2) is 6.80. The van der Waals surface area contributed by atoms with E-state index in [-0.39, 0.29) is 12.6 Å². The van der Waals surface area contributed by atoms with Crippen molar-refractivity contribution in [3.8, 4) is 5.88 Å². The molecule has 100 valence electrons. The summed E-state index contributed by atoms with van der Waals surface area (Å²) in [5.74, 6) is 0.360. The summed E-state index contributed by atoms with van der Waals surface area (Å²) in [4.78, 5) is 17.5. The highest BCUT2D eigenvalue weighted by molar-refractivity contribution is 5.90. The van der Waals surface area contributed by atoms with Gasteiger partial charge >= 0.3 is 6.03 Å². The van der Waals surface area contributed by atoms with Gasteiger partial charge in [0.15, 0.2) is 0 Å². The summed E-state index contributed by atoms with van der Waals surface area (Å²) in [6.45, 7) is 4.28. The monoisotopic (exact) mass is 253 g/mol. The van der Waals surface area contributed by atoms with E-state index in [9.17, 15) is 9.90 Å². The Morgan fingerprint density at radius 2 is 2.39 bits per heavy atom. The van der Waals surface area contributed by atoms with Crippen molar-refractivity contribution in [2.24, 2.45) is 0 Å². The van der Waals surface area contributed by atoms with Gasteiger partial charge in [-0.1, -0.05) is 0 Å². The number of anilines is 1. The first-order valence-electron chi connectivity index (χ1n) is 5.81. The Hall–Kier alpha value is -1.82. The Bertz CT molecular complexity index is 396. The van der Waals surface area contributed by atoms with E-state index in [0.717, 1.165) is 0 Å². The number of aliphatic hydroxyl groups excluding tert-OH is 1. The Kier molecular flexibility index (Phi) is 5.38. The van der Waals surface area contributed by atoms with Crippen LogP contribution in [0, 0.1) is 0 Å². The predicted octanol–water partition coefficient (Wildman–Crippen LogP) is 1.32. The SMILES string of the molecule is CCN(CC(C)O)C(=O)Nc1cccnc1OC. The number of aliphatic hydroxyl groups is 1. The van der Waals surface area contributed by atoms with Gasteiger partial charge in [-0.05, 0) is 26.0 Å². The number of aromatic nitrogens is 1. The molecule has 1 aromatic rings. The zero-order valence-electron chi connectivity index (χ0n) is 10.9. The van der Waals surface area contributed by atoms with Crippen molar-refractivity contribution in [1.29, 1.82) is 0 Å². The van der Waals surface area contributed by atoms with Crippen molar-refractivity contribution in [2.45, 2.75) is 20.0 Å². The average molecular weight is 253 g/mol. The van der Waals surface area contributed by atoms with Crippen LogP contribution in [0.2, 0.25) is 0 Å². The minimum atomic E-state index is -0.563. The summed E-state index contributed by atoms with van der Waals surface area (Å²) in [5.41, 5.74) is 0.508. The molecule has 0 radical (unpaired) electrons. The van der Waals surface area contributed by atoms with Gasteiger partial charge < -0.3 is 20.1 Å². The Morgan fingerprint density at radius 3 is 2.94 bits per heavy atom. The lowest BCUT2D eigenvalue weighted by molar-refractivity contribution is 0.141. The highest BCUT2D eigenvalue weighted by Crippen LogP contribution is 2.20. The number of carbonyl (C=O) groups is 1. The van der Waals surface area contributed by atoms with Crippen LogP contribution in [0.15, 0.2) is 18.3 Å². The standard InChI is InChI=1S/C12H19N3O3/c1-4-15(8-9(2)16)12(17)14-10-6-5-7-13-11(10)18-3/h5-7,9,16H,4,8H2,1-3H3,(H,14,17). The van der Waals surface area contributed by atoms with Gasteiger partial charge in [-0.15, -0.1) is 0 Å². The zero-order valence-corrected chi connectivity index (χ0v) is 10.9. The first kappa shape index (κ1) is 14.2. The van der Waals surface area contributed by atoms with Crippen molar-refractivity contribution in [2.75, 3.05) is 25.5 Å². The summed E-state index contributed by atoms with van der Waals surface area (Å²) in [5, 5.41) is 12.0. The fraction of sp³-hybridized carbons (Fsp3) is 0.500. The van der Waals surface area contributed by atoms with E-state index in [0.29, 0.717) is 18.1 Å². The van der Waals surface area contributed by atoms with Crippen LogP contribution < -0.4 is 10.1 Å². The maximum absolute atomic E-state index is 12.0. The topological polar surface area (TPSA) is 74.7 Å². The first-order valence-corrected chi connectivity index (χ1v) is 5.81. The van der Waals surface area contributed by atoms with Crippen molar-refractivity contribution in [3.05, 3.63) is 18.3 Å². The molecule has 6 heteroatoms. The Labute approximate surface area is 107 Å². The van der Waals surface area contributed by atoms with E-state index in [1.54, 1.807) is 25.3 Å². The normalized spacial score (nSPS) is 11.8. The number of ether oxygens (including phenoxy) is 1. The van der Waals surface area contributed by atoms with Gasteiger partial charge in [0.1, 0.15) is 5.69 Å². The molecule has 0 saturated heterocycles. The Balaban J connectivity index is 2.73. The molecule has 0 aliphatic rings. The third-order valence-corrected chi connectivity index (χ3v) is 2.36. The second-order valence-electron chi connectivity index (χ2n) is 3.88. The first-order chi connectivity index (χ1) is 8.58. The summed E-state index contributed by atoms with van der Waals surface area (Å²) in [6.07, 6.45) is 1.02. The fourth-order valence-electron chi connectivity index (χ4n) is 1.52. The number of likely N-dealkylation sites (N-methyl/N-ethyl adjacent to an activating group) is 1. The molecule has 2 N–H and O–H groups in total. The molecule has 1 unspecified atom stereocenters. The molecule has 0 aromatic carbocycles.